The molecule has 2 rings (SSSR count). The van der Waals surface area contributed by atoms with E-state index in [-0.39, 0.29) is 18.4 Å². The summed E-state index contributed by atoms with van der Waals surface area (Å²) < 4.78 is 6.59. The number of benzene rings is 1. The summed E-state index contributed by atoms with van der Waals surface area (Å²) in [4.78, 5) is 47.5. The largest absolute Gasteiger partial charge is 0.452 e. The van der Waals surface area contributed by atoms with Crippen molar-refractivity contribution < 1.29 is 19.1 Å². The Balaban J connectivity index is 1.90. The molecule has 1 aromatic carbocycles. The zero-order valence-electron chi connectivity index (χ0n) is 16.3. The molecule has 2 aromatic rings. The van der Waals surface area contributed by atoms with Gasteiger partial charge in [0.2, 0.25) is 5.43 Å². The molecule has 1 aromatic heterocycles. The van der Waals surface area contributed by atoms with Gasteiger partial charge in [-0.1, -0.05) is 12.1 Å². The number of esters is 1. The van der Waals surface area contributed by atoms with Crippen LogP contribution in [-0.4, -0.2) is 39.3 Å². The van der Waals surface area contributed by atoms with Crippen LogP contribution in [0.25, 0.3) is 10.9 Å². The molecule has 0 aliphatic rings. The van der Waals surface area contributed by atoms with Crippen molar-refractivity contribution in [1.29, 1.82) is 0 Å². The Morgan fingerprint density at radius 1 is 1.21 bits per heavy atom. The van der Waals surface area contributed by atoms with Gasteiger partial charge in [0.15, 0.2) is 6.10 Å². The molecular weight excluding hydrogens is 364 g/mol. The molecule has 0 bridgehead atoms. The van der Waals surface area contributed by atoms with Gasteiger partial charge in [-0.05, 0) is 39.8 Å². The molecule has 28 heavy (non-hydrogen) atoms. The fourth-order valence-electron chi connectivity index (χ4n) is 2.43. The molecule has 9 nitrogen and oxygen atoms in total. The summed E-state index contributed by atoms with van der Waals surface area (Å²) >= 11 is 0. The maximum atomic E-state index is 12.0. The van der Waals surface area contributed by atoms with E-state index < -0.39 is 29.6 Å². The third kappa shape index (κ3) is 5.90. The van der Waals surface area contributed by atoms with Crippen molar-refractivity contribution in [1.82, 2.24) is 20.4 Å². The van der Waals surface area contributed by atoms with Gasteiger partial charge in [0, 0.05) is 10.9 Å². The van der Waals surface area contributed by atoms with E-state index in [9.17, 15) is 19.2 Å². The highest BCUT2D eigenvalue weighted by molar-refractivity contribution is 5.97. The SMILES string of the molecule is C[C@H](OC(=O)CCn1ncc(=O)c2ccccc21)C(=O)NC(=O)NC(C)(C)C. The second-order valence-corrected chi connectivity index (χ2v) is 7.32. The van der Waals surface area contributed by atoms with Crippen molar-refractivity contribution in [2.24, 2.45) is 0 Å². The number of imide groups is 1. The highest BCUT2D eigenvalue weighted by atomic mass is 16.5. The molecule has 1 heterocycles. The molecule has 0 aliphatic carbocycles. The van der Waals surface area contributed by atoms with E-state index in [1.165, 1.54) is 17.8 Å². The number of hydrogen-bond acceptors (Lipinski definition) is 6. The lowest BCUT2D eigenvalue weighted by atomic mass is 10.1. The molecule has 9 heteroatoms. The van der Waals surface area contributed by atoms with Gasteiger partial charge in [0.1, 0.15) is 0 Å². The van der Waals surface area contributed by atoms with Gasteiger partial charge in [0.25, 0.3) is 5.91 Å². The monoisotopic (exact) mass is 388 g/mol. The smallest absolute Gasteiger partial charge is 0.321 e. The number of aromatic nitrogens is 2. The topological polar surface area (TPSA) is 119 Å². The summed E-state index contributed by atoms with van der Waals surface area (Å²) in [7, 11) is 0. The lowest BCUT2D eigenvalue weighted by Gasteiger charge is -2.21. The third-order valence-electron chi connectivity index (χ3n) is 3.69. The van der Waals surface area contributed by atoms with Crippen LogP contribution in [0.15, 0.2) is 35.3 Å². The minimum absolute atomic E-state index is 0.0499. The van der Waals surface area contributed by atoms with E-state index >= 15 is 0 Å². The first-order chi connectivity index (χ1) is 13.1. The van der Waals surface area contributed by atoms with E-state index in [4.69, 9.17) is 4.74 Å². The Hall–Kier alpha value is -3.23. The summed E-state index contributed by atoms with van der Waals surface area (Å²) in [5, 5.41) is 9.24. The molecule has 0 saturated heterocycles. The van der Waals surface area contributed by atoms with E-state index in [0.29, 0.717) is 10.9 Å². The molecule has 3 amide bonds. The number of nitrogens with zero attached hydrogens (tertiary/aromatic N) is 2. The molecule has 0 unspecified atom stereocenters. The lowest BCUT2D eigenvalue weighted by molar-refractivity contribution is -0.154. The molecular formula is C19H24N4O5. The van der Waals surface area contributed by atoms with Crippen LogP contribution >= 0.6 is 0 Å². The molecule has 2 N–H and O–H groups in total. The maximum absolute atomic E-state index is 12.0. The van der Waals surface area contributed by atoms with Crippen molar-refractivity contribution in [3.8, 4) is 0 Å². The van der Waals surface area contributed by atoms with Crippen molar-refractivity contribution in [2.75, 3.05) is 0 Å². The van der Waals surface area contributed by atoms with Crippen molar-refractivity contribution >= 4 is 28.8 Å². The summed E-state index contributed by atoms with van der Waals surface area (Å²) in [5.41, 5.74) is -0.0996. The van der Waals surface area contributed by atoms with E-state index in [2.05, 4.69) is 15.7 Å². The predicted molar refractivity (Wildman–Crippen MR) is 103 cm³/mol. The van der Waals surface area contributed by atoms with E-state index in [0.717, 1.165) is 0 Å². The van der Waals surface area contributed by atoms with Crippen LogP contribution in [0.3, 0.4) is 0 Å². The number of carbonyl (C=O) groups is 3. The van der Waals surface area contributed by atoms with Gasteiger partial charge in [-0.15, -0.1) is 0 Å². The minimum Gasteiger partial charge on any atom is -0.452 e. The highest BCUT2D eigenvalue weighted by Gasteiger charge is 2.22. The molecule has 0 radical (unpaired) electrons. The molecule has 0 saturated carbocycles. The number of urea groups is 1. The lowest BCUT2D eigenvalue weighted by Crippen LogP contribution is -2.50. The third-order valence-corrected chi connectivity index (χ3v) is 3.69. The first kappa shape index (κ1) is 21.1. The van der Waals surface area contributed by atoms with Gasteiger partial charge >= 0.3 is 12.0 Å². The quantitative estimate of drug-likeness (QED) is 0.746. The van der Waals surface area contributed by atoms with Crippen LogP contribution in [0.5, 0.6) is 0 Å². The predicted octanol–water partition coefficient (Wildman–Crippen LogP) is 1.34. The van der Waals surface area contributed by atoms with Crippen molar-refractivity contribution in [2.45, 2.75) is 52.3 Å². The number of para-hydroxylation sites is 1. The first-order valence-electron chi connectivity index (χ1n) is 8.84. The first-order valence-corrected chi connectivity index (χ1v) is 8.84. The maximum Gasteiger partial charge on any atom is 0.321 e. The number of fused-ring (bicyclic) bond motifs is 1. The second-order valence-electron chi connectivity index (χ2n) is 7.32. The van der Waals surface area contributed by atoms with Gasteiger partial charge in [-0.3, -0.25) is 24.4 Å². The minimum atomic E-state index is -1.13. The van der Waals surface area contributed by atoms with Crippen LogP contribution in [0.2, 0.25) is 0 Å². The number of ether oxygens (including phenoxy) is 1. The number of rotatable bonds is 5. The number of hydrogen-bond donors (Lipinski definition) is 2. The zero-order chi connectivity index (χ0) is 20.9. The zero-order valence-corrected chi connectivity index (χ0v) is 16.3. The fourth-order valence-corrected chi connectivity index (χ4v) is 2.43. The summed E-state index contributed by atoms with van der Waals surface area (Å²) in [5.74, 6) is -1.34. The highest BCUT2D eigenvalue weighted by Crippen LogP contribution is 2.09. The average Bonchev–Trinajstić information content (AvgIpc) is 2.59. The number of carbonyl (C=O) groups excluding carboxylic acids is 3. The Kier molecular flexibility index (Phi) is 6.50. The van der Waals surface area contributed by atoms with Crippen LogP contribution < -0.4 is 16.1 Å². The average molecular weight is 388 g/mol. The van der Waals surface area contributed by atoms with Gasteiger partial charge in [-0.25, -0.2) is 4.79 Å². The number of nitrogens with one attached hydrogen (secondary N) is 2. The van der Waals surface area contributed by atoms with Crippen molar-refractivity contribution in [3.05, 3.63) is 40.7 Å². The van der Waals surface area contributed by atoms with Crippen LogP contribution in [0.1, 0.15) is 34.1 Å². The van der Waals surface area contributed by atoms with Crippen LogP contribution in [-0.2, 0) is 20.9 Å². The molecule has 150 valence electrons. The Labute approximate surface area is 162 Å². The molecule has 0 spiro atoms. The van der Waals surface area contributed by atoms with Crippen molar-refractivity contribution in [3.63, 3.8) is 0 Å². The Bertz CT molecular complexity index is 945. The van der Waals surface area contributed by atoms with E-state index in [1.54, 1.807) is 45.0 Å². The number of aryl methyl sites for hydroxylation is 1. The van der Waals surface area contributed by atoms with Gasteiger partial charge < -0.3 is 10.1 Å². The normalized spacial score (nSPS) is 12.3. The standard InChI is InChI=1S/C19H24N4O5/c1-12(17(26)21-18(27)22-19(2,3)4)28-16(25)9-10-23-14-8-6-5-7-13(14)15(24)11-20-23/h5-8,11-12H,9-10H2,1-4H3,(H2,21,22,26,27)/t12-/m0/s1. The number of amides is 3. The summed E-state index contributed by atoms with van der Waals surface area (Å²) in [6.07, 6.45) is 0.0143. The second kappa shape index (κ2) is 8.64. The van der Waals surface area contributed by atoms with Gasteiger partial charge in [0.05, 0.1) is 24.7 Å². The Morgan fingerprint density at radius 2 is 1.89 bits per heavy atom. The molecule has 0 aliphatic heterocycles. The molecule has 0 fully saturated rings. The summed E-state index contributed by atoms with van der Waals surface area (Å²) in [6, 6.07) is 6.28. The van der Waals surface area contributed by atoms with Crippen LogP contribution in [0, 0.1) is 0 Å². The fraction of sp³-hybridized carbons (Fsp3) is 0.421. The molecule has 1 atom stereocenters. The van der Waals surface area contributed by atoms with Crippen LogP contribution in [0.4, 0.5) is 4.79 Å². The Morgan fingerprint density at radius 3 is 2.57 bits per heavy atom. The van der Waals surface area contributed by atoms with E-state index in [1.807, 2.05) is 0 Å². The van der Waals surface area contributed by atoms with Gasteiger partial charge in [-0.2, -0.15) is 5.10 Å². The summed E-state index contributed by atoms with van der Waals surface area (Å²) in [6.45, 7) is 6.88.